The molecule has 1 N–H and O–H groups in total. The zero-order valence-corrected chi connectivity index (χ0v) is 12.6. The van der Waals surface area contributed by atoms with E-state index < -0.39 is 11.9 Å². The fourth-order valence-corrected chi connectivity index (χ4v) is 3.02. The zero-order valence-electron chi connectivity index (χ0n) is 12.6. The maximum atomic E-state index is 12.3. The smallest absolute Gasteiger partial charge is 0.307 e. The number of hydrogen-bond donors (Lipinski definition) is 1. The Morgan fingerprint density at radius 1 is 1.10 bits per heavy atom. The molecule has 0 radical (unpaired) electrons. The fraction of sp³-hybridized carbons (Fsp3) is 0.867. The number of hydrogen-bond acceptors (Lipinski definition) is 4. The Hall–Kier alpha value is -1.14. The van der Waals surface area contributed by atoms with Gasteiger partial charge in [-0.15, -0.1) is 0 Å². The Kier molecular flexibility index (Phi) is 5.99. The van der Waals surface area contributed by atoms with Crippen LogP contribution in [0.4, 0.5) is 0 Å². The highest BCUT2D eigenvalue weighted by molar-refractivity contribution is 5.86. The molecular formula is C15H25NO5. The third-order valence-corrected chi connectivity index (χ3v) is 4.51. The number of methoxy groups -OCH3 is 1. The molecule has 0 aromatic rings. The van der Waals surface area contributed by atoms with Crippen LogP contribution in [-0.2, 0) is 19.1 Å². The predicted molar refractivity (Wildman–Crippen MR) is 75.9 cm³/mol. The van der Waals surface area contributed by atoms with Gasteiger partial charge in [-0.3, -0.25) is 9.59 Å². The van der Waals surface area contributed by atoms with E-state index in [1.807, 2.05) is 4.90 Å². The zero-order chi connectivity index (χ0) is 15.2. The number of ether oxygens (including phenoxy) is 2. The second kappa shape index (κ2) is 7.75. The van der Waals surface area contributed by atoms with Crippen LogP contribution < -0.4 is 0 Å². The number of carboxylic acid groups (broad SMARTS) is 1. The molecule has 1 amide bonds. The van der Waals surface area contributed by atoms with Crippen LogP contribution >= 0.6 is 0 Å². The number of piperidine rings is 1. The average Bonchev–Trinajstić information content (AvgIpc) is 2.42. The fourth-order valence-electron chi connectivity index (χ4n) is 3.02. The van der Waals surface area contributed by atoms with Crippen LogP contribution in [0.2, 0.25) is 0 Å². The SMILES string of the molecule is COCCCOC1CCN(C(=O)C2CCC2C(=O)O)CC1. The first-order chi connectivity index (χ1) is 10.1. The van der Waals surface area contributed by atoms with Gasteiger partial charge >= 0.3 is 5.97 Å². The summed E-state index contributed by atoms with van der Waals surface area (Å²) in [7, 11) is 1.68. The summed E-state index contributed by atoms with van der Waals surface area (Å²) in [5.74, 6) is -1.59. The molecule has 1 heterocycles. The quantitative estimate of drug-likeness (QED) is 0.713. The van der Waals surface area contributed by atoms with Crippen molar-refractivity contribution in [3.05, 3.63) is 0 Å². The van der Waals surface area contributed by atoms with E-state index in [1.54, 1.807) is 7.11 Å². The summed E-state index contributed by atoms with van der Waals surface area (Å²) < 4.78 is 10.7. The lowest BCUT2D eigenvalue weighted by Gasteiger charge is -2.39. The van der Waals surface area contributed by atoms with E-state index in [9.17, 15) is 9.59 Å². The summed E-state index contributed by atoms with van der Waals surface area (Å²) in [5.41, 5.74) is 0. The summed E-state index contributed by atoms with van der Waals surface area (Å²) in [6.07, 6.45) is 4.11. The summed E-state index contributed by atoms with van der Waals surface area (Å²) in [4.78, 5) is 25.1. The summed E-state index contributed by atoms with van der Waals surface area (Å²) >= 11 is 0. The number of likely N-dealkylation sites (tertiary alicyclic amines) is 1. The number of carbonyl (C=O) groups is 2. The normalized spacial score (nSPS) is 26.4. The molecule has 6 nitrogen and oxygen atoms in total. The first-order valence-corrected chi connectivity index (χ1v) is 7.75. The molecule has 0 aromatic carbocycles. The van der Waals surface area contributed by atoms with Crippen molar-refractivity contribution in [1.29, 1.82) is 0 Å². The van der Waals surface area contributed by atoms with E-state index in [2.05, 4.69) is 0 Å². The van der Waals surface area contributed by atoms with Crippen LogP contribution in [0, 0.1) is 11.8 Å². The monoisotopic (exact) mass is 299 g/mol. The number of carbonyl (C=O) groups excluding carboxylic acids is 1. The topological polar surface area (TPSA) is 76.1 Å². The van der Waals surface area contributed by atoms with Crippen molar-refractivity contribution in [2.75, 3.05) is 33.4 Å². The Morgan fingerprint density at radius 2 is 1.76 bits per heavy atom. The number of amides is 1. The number of rotatable bonds is 7. The van der Waals surface area contributed by atoms with E-state index in [0.29, 0.717) is 39.1 Å². The third kappa shape index (κ3) is 4.17. The van der Waals surface area contributed by atoms with Gasteiger partial charge < -0.3 is 19.5 Å². The lowest BCUT2D eigenvalue weighted by Crippen LogP contribution is -2.49. The standard InChI is InChI=1S/C15H25NO5/c1-20-9-2-10-21-11-5-7-16(8-6-11)14(17)12-3-4-13(12)15(18)19/h11-13H,2-10H2,1H3,(H,18,19). The van der Waals surface area contributed by atoms with Crippen molar-refractivity contribution in [2.45, 2.75) is 38.2 Å². The summed E-state index contributed by atoms with van der Waals surface area (Å²) in [6, 6.07) is 0. The Bertz CT molecular complexity index is 365. The molecule has 6 heteroatoms. The van der Waals surface area contributed by atoms with E-state index in [4.69, 9.17) is 14.6 Å². The van der Waals surface area contributed by atoms with E-state index in [0.717, 1.165) is 19.3 Å². The first-order valence-electron chi connectivity index (χ1n) is 7.75. The van der Waals surface area contributed by atoms with Crippen LogP contribution in [0.15, 0.2) is 0 Å². The molecule has 0 spiro atoms. The highest BCUT2D eigenvalue weighted by Gasteiger charge is 2.43. The Labute approximate surface area is 125 Å². The molecule has 1 aliphatic carbocycles. The Balaban J connectivity index is 1.69. The minimum Gasteiger partial charge on any atom is -0.481 e. The largest absolute Gasteiger partial charge is 0.481 e. The van der Waals surface area contributed by atoms with Crippen molar-refractivity contribution in [1.82, 2.24) is 4.90 Å². The predicted octanol–water partition coefficient (Wildman–Crippen LogP) is 1.14. The molecule has 0 bridgehead atoms. The molecule has 2 atom stereocenters. The second-order valence-electron chi connectivity index (χ2n) is 5.87. The summed E-state index contributed by atoms with van der Waals surface area (Å²) in [5, 5.41) is 9.03. The molecule has 2 unspecified atom stereocenters. The number of nitrogens with zero attached hydrogens (tertiary/aromatic N) is 1. The maximum Gasteiger partial charge on any atom is 0.307 e. The molecule has 2 aliphatic rings. The summed E-state index contributed by atoms with van der Waals surface area (Å²) in [6.45, 7) is 2.75. The third-order valence-electron chi connectivity index (χ3n) is 4.51. The minimum atomic E-state index is -0.837. The molecule has 21 heavy (non-hydrogen) atoms. The van der Waals surface area contributed by atoms with Gasteiger partial charge in [0.15, 0.2) is 0 Å². The van der Waals surface area contributed by atoms with Crippen LogP contribution in [-0.4, -0.2) is 61.4 Å². The highest BCUT2D eigenvalue weighted by atomic mass is 16.5. The van der Waals surface area contributed by atoms with Crippen molar-refractivity contribution in [2.24, 2.45) is 11.8 Å². The molecule has 1 saturated carbocycles. The van der Waals surface area contributed by atoms with Gasteiger partial charge in [-0.1, -0.05) is 0 Å². The molecule has 0 aromatic heterocycles. The molecule has 2 rings (SSSR count). The lowest BCUT2D eigenvalue weighted by molar-refractivity contribution is -0.157. The van der Waals surface area contributed by atoms with Gasteiger partial charge in [0.2, 0.25) is 5.91 Å². The Morgan fingerprint density at radius 3 is 2.29 bits per heavy atom. The molecule has 120 valence electrons. The van der Waals surface area contributed by atoms with Crippen molar-refractivity contribution < 1.29 is 24.2 Å². The first kappa shape index (κ1) is 16.2. The van der Waals surface area contributed by atoms with Crippen molar-refractivity contribution in [3.8, 4) is 0 Å². The minimum absolute atomic E-state index is 0.0199. The highest BCUT2D eigenvalue weighted by Crippen LogP contribution is 2.36. The van der Waals surface area contributed by atoms with Crippen LogP contribution in [0.25, 0.3) is 0 Å². The molecule has 2 fully saturated rings. The number of aliphatic carboxylic acids is 1. The van der Waals surface area contributed by atoms with E-state index >= 15 is 0 Å². The van der Waals surface area contributed by atoms with Crippen LogP contribution in [0.5, 0.6) is 0 Å². The van der Waals surface area contributed by atoms with Crippen LogP contribution in [0.3, 0.4) is 0 Å². The van der Waals surface area contributed by atoms with E-state index in [-0.39, 0.29) is 17.9 Å². The molecular weight excluding hydrogens is 274 g/mol. The molecule has 1 saturated heterocycles. The van der Waals surface area contributed by atoms with Crippen LogP contribution in [0.1, 0.15) is 32.1 Å². The van der Waals surface area contributed by atoms with Gasteiger partial charge in [0.25, 0.3) is 0 Å². The van der Waals surface area contributed by atoms with Gasteiger partial charge in [0.1, 0.15) is 0 Å². The van der Waals surface area contributed by atoms with Gasteiger partial charge in [-0.25, -0.2) is 0 Å². The van der Waals surface area contributed by atoms with E-state index in [1.165, 1.54) is 0 Å². The van der Waals surface area contributed by atoms with Crippen molar-refractivity contribution in [3.63, 3.8) is 0 Å². The maximum absolute atomic E-state index is 12.3. The molecule has 1 aliphatic heterocycles. The van der Waals surface area contributed by atoms with Gasteiger partial charge in [0, 0.05) is 33.4 Å². The van der Waals surface area contributed by atoms with Crippen molar-refractivity contribution >= 4 is 11.9 Å². The van der Waals surface area contributed by atoms with Gasteiger partial charge in [-0.2, -0.15) is 0 Å². The number of carboxylic acids is 1. The second-order valence-corrected chi connectivity index (χ2v) is 5.87. The van der Waals surface area contributed by atoms with Gasteiger partial charge in [0.05, 0.1) is 17.9 Å². The lowest BCUT2D eigenvalue weighted by atomic mass is 9.72. The van der Waals surface area contributed by atoms with Gasteiger partial charge in [-0.05, 0) is 32.1 Å². The average molecular weight is 299 g/mol.